The fourth-order valence-corrected chi connectivity index (χ4v) is 2.72. The second-order valence-corrected chi connectivity index (χ2v) is 5.52. The van der Waals surface area contributed by atoms with Crippen LogP contribution in [0.4, 0.5) is 16.1 Å². The van der Waals surface area contributed by atoms with Crippen molar-refractivity contribution in [3.8, 4) is 0 Å². The Morgan fingerprint density at radius 2 is 2.04 bits per heavy atom. The average molecular weight is 311 g/mol. The second kappa shape index (κ2) is 5.39. The fraction of sp³-hybridized carbons (Fsp3) is 0.176. The number of aromatic nitrogens is 1. The topological polar surface area (TPSA) is 67.2 Å². The summed E-state index contributed by atoms with van der Waals surface area (Å²) in [6.45, 7) is 0.516. The number of fused-ring (bicyclic) bond motifs is 2. The Labute approximate surface area is 131 Å². The lowest BCUT2D eigenvalue weighted by Crippen LogP contribution is -2.20. The van der Waals surface area contributed by atoms with Gasteiger partial charge in [-0.1, -0.05) is 6.07 Å². The number of benzene rings is 2. The maximum Gasteiger partial charge on any atom is 0.300 e. The molecule has 5 nitrogen and oxygen atoms in total. The van der Waals surface area contributed by atoms with Gasteiger partial charge >= 0.3 is 0 Å². The summed E-state index contributed by atoms with van der Waals surface area (Å²) in [7, 11) is 0. The minimum atomic E-state index is -0.360. The van der Waals surface area contributed by atoms with Crippen LogP contribution in [0, 0.1) is 5.82 Å². The quantitative estimate of drug-likeness (QED) is 0.762. The van der Waals surface area contributed by atoms with E-state index in [-0.39, 0.29) is 11.7 Å². The summed E-state index contributed by atoms with van der Waals surface area (Å²) in [6.07, 6.45) is 1.25. The van der Waals surface area contributed by atoms with Crippen LogP contribution < -0.4 is 10.6 Å². The van der Waals surface area contributed by atoms with Gasteiger partial charge < -0.3 is 15.1 Å². The fourth-order valence-electron chi connectivity index (χ4n) is 2.72. The molecule has 0 saturated heterocycles. The molecule has 0 spiro atoms. The van der Waals surface area contributed by atoms with Gasteiger partial charge in [0.05, 0.1) is 0 Å². The average Bonchev–Trinajstić information content (AvgIpc) is 2.83. The van der Waals surface area contributed by atoms with E-state index in [1.54, 1.807) is 6.07 Å². The molecular formula is C17H14FN3O2. The highest BCUT2D eigenvalue weighted by Gasteiger charge is 2.13. The Hall–Kier alpha value is -2.89. The molecule has 0 unspecified atom stereocenters. The molecule has 1 amide bonds. The Balaban J connectivity index is 1.62. The summed E-state index contributed by atoms with van der Waals surface area (Å²) in [4.78, 5) is 15.7. The molecule has 0 atom stereocenters. The van der Waals surface area contributed by atoms with E-state index in [4.69, 9.17) is 4.42 Å². The molecule has 0 radical (unpaired) electrons. The molecule has 0 fully saturated rings. The van der Waals surface area contributed by atoms with Gasteiger partial charge in [0.25, 0.3) is 6.01 Å². The summed E-state index contributed by atoms with van der Waals surface area (Å²) in [5.41, 5.74) is 4.04. The number of nitrogens with zero attached hydrogens (tertiary/aromatic N) is 1. The van der Waals surface area contributed by atoms with Gasteiger partial charge in [0, 0.05) is 24.7 Å². The van der Waals surface area contributed by atoms with Crippen molar-refractivity contribution in [2.75, 3.05) is 5.32 Å². The van der Waals surface area contributed by atoms with Gasteiger partial charge in [-0.2, -0.15) is 4.98 Å². The van der Waals surface area contributed by atoms with Gasteiger partial charge in [0.1, 0.15) is 11.3 Å². The van der Waals surface area contributed by atoms with E-state index in [1.165, 1.54) is 12.1 Å². The van der Waals surface area contributed by atoms with E-state index >= 15 is 0 Å². The van der Waals surface area contributed by atoms with Crippen LogP contribution in [0.3, 0.4) is 0 Å². The molecule has 23 heavy (non-hydrogen) atoms. The summed E-state index contributed by atoms with van der Waals surface area (Å²) < 4.78 is 18.7. The maximum absolute atomic E-state index is 13.2. The van der Waals surface area contributed by atoms with Crippen molar-refractivity contribution in [3.63, 3.8) is 0 Å². The van der Waals surface area contributed by atoms with Gasteiger partial charge in [0.2, 0.25) is 5.91 Å². The number of carbonyl (C=O) groups is 1. The largest absolute Gasteiger partial charge is 0.423 e. The van der Waals surface area contributed by atoms with E-state index in [0.717, 1.165) is 23.2 Å². The number of carbonyl (C=O) groups excluding carboxylic acids is 1. The lowest BCUT2D eigenvalue weighted by molar-refractivity contribution is -0.121. The number of nitrogens with one attached hydrogen (secondary N) is 2. The van der Waals surface area contributed by atoms with Crippen LogP contribution in [0.2, 0.25) is 0 Å². The molecule has 3 aromatic rings. The first-order valence-corrected chi connectivity index (χ1v) is 7.39. The second-order valence-electron chi connectivity index (χ2n) is 5.52. The van der Waals surface area contributed by atoms with Gasteiger partial charge in [0.15, 0.2) is 5.58 Å². The third kappa shape index (κ3) is 2.75. The highest BCUT2D eigenvalue weighted by Crippen LogP contribution is 2.25. The molecule has 2 N–H and O–H groups in total. The number of aryl methyl sites for hydroxylation is 1. The van der Waals surface area contributed by atoms with Crippen molar-refractivity contribution >= 4 is 28.7 Å². The van der Waals surface area contributed by atoms with E-state index in [1.807, 2.05) is 18.2 Å². The van der Waals surface area contributed by atoms with Crippen molar-refractivity contribution in [3.05, 3.63) is 53.3 Å². The molecule has 1 aromatic heterocycles. The minimum Gasteiger partial charge on any atom is -0.423 e. The molecular weight excluding hydrogens is 297 g/mol. The molecule has 0 saturated carbocycles. The van der Waals surface area contributed by atoms with Gasteiger partial charge in [-0.25, -0.2) is 4.39 Å². The molecule has 0 bridgehead atoms. The number of halogens is 1. The molecule has 1 aliphatic rings. The summed E-state index contributed by atoms with van der Waals surface area (Å²) >= 11 is 0. The van der Waals surface area contributed by atoms with Crippen LogP contribution in [0.15, 0.2) is 40.8 Å². The number of hydrogen-bond donors (Lipinski definition) is 2. The van der Waals surface area contributed by atoms with E-state index in [2.05, 4.69) is 15.6 Å². The van der Waals surface area contributed by atoms with Crippen molar-refractivity contribution in [1.82, 2.24) is 10.3 Å². The molecule has 1 aliphatic heterocycles. The molecule has 116 valence electrons. The monoisotopic (exact) mass is 311 g/mol. The SMILES string of the molecule is O=C1CCc2ccc(Nc3nc4ccc(F)cc4o3)cc2CN1. The van der Waals surface area contributed by atoms with E-state index in [9.17, 15) is 9.18 Å². The van der Waals surface area contributed by atoms with Crippen molar-refractivity contribution in [2.45, 2.75) is 19.4 Å². The summed E-state index contributed by atoms with van der Waals surface area (Å²) in [5, 5.41) is 5.95. The van der Waals surface area contributed by atoms with E-state index in [0.29, 0.717) is 30.1 Å². The van der Waals surface area contributed by atoms with Crippen LogP contribution in [-0.4, -0.2) is 10.9 Å². The van der Waals surface area contributed by atoms with Crippen LogP contribution in [-0.2, 0) is 17.8 Å². The minimum absolute atomic E-state index is 0.0664. The predicted octanol–water partition coefficient (Wildman–Crippen LogP) is 3.27. The third-order valence-corrected chi connectivity index (χ3v) is 3.91. The van der Waals surface area contributed by atoms with Crippen molar-refractivity contribution < 1.29 is 13.6 Å². The molecule has 4 rings (SSSR count). The van der Waals surface area contributed by atoms with Gasteiger partial charge in [-0.05, 0) is 41.8 Å². The van der Waals surface area contributed by atoms with Crippen LogP contribution >= 0.6 is 0 Å². The molecule has 2 aromatic carbocycles. The normalized spacial score (nSPS) is 14.2. The number of rotatable bonds is 2. The molecule has 6 heteroatoms. The lowest BCUT2D eigenvalue weighted by atomic mass is 10.0. The third-order valence-electron chi connectivity index (χ3n) is 3.91. The number of oxazole rings is 1. The summed E-state index contributed by atoms with van der Waals surface area (Å²) in [6, 6.07) is 10.4. The zero-order chi connectivity index (χ0) is 15.8. The molecule has 2 heterocycles. The van der Waals surface area contributed by atoms with E-state index < -0.39 is 0 Å². The van der Waals surface area contributed by atoms with Crippen molar-refractivity contribution in [2.24, 2.45) is 0 Å². The van der Waals surface area contributed by atoms with Crippen LogP contribution in [0.25, 0.3) is 11.1 Å². The Kier molecular flexibility index (Phi) is 3.22. The standard InChI is InChI=1S/C17H14FN3O2/c18-12-3-5-14-15(8-12)23-17(21-14)20-13-4-1-10-2-6-16(22)19-9-11(10)7-13/h1,3-5,7-8H,2,6,9H2,(H,19,22)(H,20,21). The lowest BCUT2D eigenvalue weighted by Gasteiger charge is -2.08. The zero-order valence-corrected chi connectivity index (χ0v) is 12.2. The zero-order valence-electron chi connectivity index (χ0n) is 12.2. The van der Waals surface area contributed by atoms with Crippen LogP contribution in [0.5, 0.6) is 0 Å². The summed E-state index contributed by atoms with van der Waals surface area (Å²) in [5.74, 6) is -0.294. The Morgan fingerprint density at radius 1 is 1.13 bits per heavy atom. The smallest absolute Gasteiger partial charge is 0.300 e. The maximum atomic E-state index is 13.2. The molecule has 0 aliphatic carbocycles. The number of amides is 1. The number of anilines is 2. The first kappa shape index (κ1) is 13.8. The predicted molar refractivity (Wildman–Crippen MR) is 83.9 cm³/mol. The first-order chi connectivity index (χ1) is 11.2. The first-order valence-electron chi connectivity index (χ1n) is 7.39. The van der Waals surface area contributed by atoms with Gasteiger partial charge in [-0.15, -0.1) is 0 Å². The highest BCUT2D eigenvalue weighted by molar-refractivity contribution is 5.77. The Morgan fingerprint density at radius 3 is 2.96 bits per heavy atom. The van der Waals surface area contributed by atoms with Gasteiger partial charge in [-0.3, -0.25) is 4.79 Å². The van der Waals surface area contributed by atoms with Crippen LogP contribution in [0.1, 0.15) is 17.5 Å². The Bertz CT molecular complexity index is 904. The van der Waals surface area contributed by atoms with Crippen molar-refractivity contribution in [1.29, 1.82) is 0 Å². The number of hydrogen-bond acceptors (Lipinski definition) is 4. The highest BCUT2D eigenvalue weighted by atomic mass is 19.1.